The molecule has 0 spiro atoms. The largest absolute Gasteiger partial charge is 0.463 e. The number of nitro groups is 1. The van der Waals surface area contributed by atoms with Crippen molar-refractivity contribution in [1.29, 1.82) is 5.26 Å². The van der Waals surface area contributed by atoms with Crippen molar-refractivity contribution in [1.82, 2.24) is 5.32 Å². The molecule has 1 aliphatic heterocycles. The lowest BCUT2D eigenvalue weighted by atomic mass is 9.81. The van der Waals surface area contributed by atoms with E-state index in [4.69, 9.17) is 16.3 Å². The van der Waals surface area contributed by atoms with Crippen LogP contribution in [-0.2, 0) is 14.3 Å². The number of thioether (sulfide) groups is 1. The number of allylic oxidation sites excluding steroid dienone is 1. The Morgan fingerprint density at radius 3 is 2.45 bits per heavy atom. The number of benzene rings is 3. The SMILES string of the molecule is CCOC(=O)C1=C(c2ccccc2)NC(SCC(=O)Nc2ccccc2[N+](=O)[O-])=C(C#N)[C@@H]1c1ccccc1Cl. The molecule has 0 bridgehead atoms. The van der Waals surface area contributed by atoms with Gasteiger partial charge in [-0.05, 0) is 30.2 Å². The zero-order valence-corrected chi connectivity index (χ0v) is 22.8. The third-order valence-corrected chi connectivity index (χ3v) is 7.31. The van der Waals surface area contributed by atoms with Crippen LogP contribution >= 0.6 is 23.4 Å². The number of rotatable bonds is 9. The van der Waals surface area contributed by atoms with Crippen molar-refractivity contribution in [3.05, 3.63) is 121 Å². The fourth-order valence-corrected chi connectivity index (χ4v) is 5.33. The molecule has 11 heteroatoms. The Hall–Kier alpha value is -4.59. The smallest absolute Gasteiger partial charge is 0.337 e. The van der Waals surface area contributed by atoms with Crippen LogP contribution in [0, 0.1) is 21.4 Å². The van der Waals surface area contributed by atoms with Crippen molar-refractivity contribution < 1.29 is 19.2 Å². The number of nitrogens with zero attached hydrogens (tertiary/aromatic N) is 2. The van der Waals surface area contributed by atoms with Crippen LogP contribution in [0.2, 0.25) is 5.02 Å². The number of nitrogens with one attached hydrogen (secondary N) is 2. The molecular weight excluding hydrogens is 552 g/mol. The Morgan fingerprint density at radius 2 is 1.77 bits per heavy atom. The first kappa shape index (κ1) is 28.4. The quantitative estimate of drug-likeness (QED) is 0.180. The maximum Gasteiger partial charge on any atom is 0.337 e. The highest BCUT2D eigenvalue weighted by molar-refractivity contribution is 8.03. The maximum atomic E-state index is 13.4. The Labute approximate surface area is 239 Å². The summed E-state index contributed by atoms with van der Waals surface area (Å²) < 4.78 is 5.41. The highest BCUT2D eigenvalue weighted by Gasteiger charge is 2.38. The van der Waals surface area contributed by atoms with E-state index < -0.39 is 22.7 Å². The Balaban J connectivity index is 1.76. The first-order chi connectivity index (χ1) is 19.3. The molecule has 202 valence electrons. The molecule has 0 fully saturated rings. The highest BCUT2D eigenvalue weighted by atomic mass is 35.5. The van der Waals surface area contributed by atoms with Crippen LogP contribution in [0.4, 0.5) is 11.4 Å². The van der Waals surface area contributed by atoms with Gasteiger partial charge in [0.25, 0.3) is 5.69 Å². The molecule has 4 rings (SSSR count). The van der Waals surface area contributed by atoms with E-state index in [-0.39, 0.29) is 34.9 Å². The average molecular weight is 575 g/mol. The summed E-state index contributed by atoms with van der Waals surface area (Å²) in [7, 11) is 0. The monoisotopic (exact) mass is 574 g/mol. The molecule has 1 heterocycles. The number of amides is 1. The van der Waals surface area contributed by atoms with Crippen LogP contribution < -0.4 is 10.6 Å². The summed E-state index contributed by atoms with van der Waals surface area (Å²) in [6.07, 6.45) is 0. The molecule has 3 aromatic carbocycles. The van der Waals surface area contributed by atoms with E-state index in [2.05, 4.69) is 16.7 Å². The molecule has 40 heavy (non-hydrogen) atoms. The van der Waals surface area contributed by atoms with Crippen molar-refractivity contribution in [3.8, 4) is 6.07 Å². The minimum atomic E-state index is -0.880. The highest BCUT2D eigenvalue weighted by Crippen LogP contribution is 2.45. The molecule has 0 unspecified atom stereocenters. The van der Waals surface area contributed by atoms with E-state index >= 15 is 0 Å². The number of anilines is 1. The average Bonchev–Trinajstić information content (AvgIpc) is 2.96. The molecule has 0 radical (unpaired) electrons. The number of esters is 1. The van der Waals surface area contributed by atoms with Gasteiger partial charge in [0, 0.05) is 11.1 Å². The van der Waals surface area contributed by atoms with Crippen LogP contribution in [0.25, 0.3) is 5.70 Å². The number of nitriles is 1. The molecule has 3 aromatic rings. The zero-order valence-electron chi connectivity index (χ0n) is 21.2. The van der Waals surface area contributed by atoms with Crippen LogP contribution in [0.1, 0.15) is 24.0 Å². The lowest BCUT2D eigenvalue weighted by Gasteiger charge is -2.31. The van der Waals surface area contributed by atoms with Gasteiger partial charge in [-0.2, -0.15) is 5.26 Å². The number of hydrogen-bond acceptors (Lipinski definition) is 8. The lowest BCUT2D eigenvalue weighted by molar-refractivity contribution is -0.383. The van der Waals surface area contributed by atoms with E-state index in [0.717, 1.165) is 11.8 Å². The van der Waals surface area contributed by atoms with Gasteiger partial charge in [0.05, 0.1) is 51.1 Å². The van der Waals surface area contributed by atoms with Crippen LogP contribution in [0.15, 0.2) is 95.0 Å². The van der Waals surface area contributed by atoms with Gasteiger partial charge in [0.2, 0.25) is 5.91 Å². The number of halogens is 1. The van der Waals surface area contributed by atoms with E-state index in [9.17, 15) is 25.0 Å². The number of ether oxygens (including phenoxy) is 1. The number of hydrogen-bond donors (Lipinski definition) is 2. The first-order valence-electron chi connectivity index (χ1n) is 12.1. The second-order valence-electron chi connectivity index (χ2n) is 8.42. The van der Waals surface area contributed by atoms with Gasteiger partial charge in [0.15, 0.2) is 0 Å². The number of nitro benzene ring substituents is 1. The topological polar surface area (TPSA) is 134 Å². The molecule has 1 amide bonds. The summed E-state index contributed by atoms with van der Waals surface area (Å²) >= 11 is 7.61. The van der Waals surface area contributed by atoms with E-state index in [1.54, 1.807) is 37.3 Å². The molecule has 9 nitrogen and oxygen atoms in total. The number of carbonyl (C=O) groups excluding carboxylic acids is 2. The molecule has 2 N–H and O–H groups in total. The fourth-order valence-electron chi connectivity index (χ4n) is 4.24. The minimum absolute atomic E-state index is 0.0626. The summed E-state index contributed by atoms with van der Waals surface area (Å²) in [6, 6.07) is 24.0. The van der Waals surface area contributed by atoms with Gasteiger partial charge < -0.3 is 15.4 Å². The molecule has 1 aliphatic rings. The summed E-state index contributed by atoms with van der Waals surface area (Å²) in [5.74, 6) is -2.17. The van der Waals surface area contributed by atoms with Crippen LogP contribution in [0.5, 0.6) is 0 Å². The normalized spacial score (nSPS) is 14.7. The summed E-state index contributed by atoms with van der Waals surface area (Å²) in [6.45, 7) is 1.82. The van der Waals surface area contributed by atoms with Crippen molar-refractivity contribution >= 4 is 52.3 Å². The summed E-state index contributed by atoms with van der Waals surface area (Å²) in [4.78, 5) is 37.0. The molecular formula is C29H23ClN4O5S. The molecule has 0 saturated carbocycles. The predicted molar refractivity (Wildman–Crippen MR) is 154 cm³/mol. The molecule has 0 aromatic heterocycles. The van der Waals surface area contributed by atoms with E-state index in [1.165, 1.54) is 18.2 Å². The Morgan fingerprint density at radius 1 is 1.10 bits per heavy atom. The third kappa shape index (κ3) is 6.17. The molecule has 0 saturated heterocycles. The van der Waals surface area contributed by atoms with Gasteiger partial charge in [-0.3, -0.25) is 14.9 Å². The number of dihydropyridines is 1. The number of para-hydroxylation sites is 2. The van der Waals surface area contributed by atoms with Crippen molar-refractivity contribution in [3.63, 3.8) is 0 Å². The number of carbonyl (C=O) groups is 2. The molecule has 0 aliphatic carbocycles. The minimum Gasteiger partial charge on any atom is -0.463 e. The second kappa shape index (κ2) is 13.0. The third-order valence-electron chi connectivity index (χ3n) is 5.95. The summed E-state index contributed by atoms with van der Waals surface area (Å²) in [5, 5.41) is 28.1. The summed E-state index contributed by atoms with van der Waals surface area (Å²) in [5.41, 5.74) is 1.84. The van der Waals surface area contributed by atoms with Crippen molar-refractivity contribution in [2.45, 2.75) is 12.8 Å². The van der Waals surface area contributed by atoms with Crippen LogP contribution in [-0.4, -0.2) is 29.2 Å². The van der Waals surface area contributed by atoms with Crippen LogP contribution in [0.3, 0.4) is 0 Å². The fraction of sp³-hybridized carbons (Fsp3) is 0.138. The maximum absolute atomic E-state index is 13.4. The van der Waals surface area contributed by atoms with Gasteiger partial charge in [-0.1, -0.05) is 84.0 Å². The van der Waals surface area contributed by atoms with Crippen molar-refractivity contribution in [2.24, 2.45) is 0 Å². The standard InChI is InChI=1S/C29H23ClN4O5S/c1-2-39-29(36)26-25(19-12-6-7-13-21(19)30)20(16-31)28(33-27(26)18-10-4-3-5-11-18)40-17-24(35)32-22-14-8-9-15-23(22)34(37)38/h3-15,25,33H,2,17H2,1H3,(H,32,35)/t25-/m0/s1. The van der Waals surface area contributed by atoms with E-state index in [0.29, 0.717) is 26.9 Å². The Kier molecular flexibility index (Phi) is 9.22. The van der Waals surface area contributed by atoms with Gasteiger partial charge in [-0.15, -0.1) is 0 Å². The second-order valence-corrected chi connectivity index (χ2v) is 9.81. The predicted octanol–water partition coefficient (Wildman–Crippen LogP) is 6.02. The van der Waals surface area contributed by atoms with E-state index in [1.807, 2.05) is 30.3 Å². The van der Waals surface area contributed by atoms with Gasteiger partial charge >= 0.3 is 5.97 Å². The Bertz CT molecular complexity index is 1570. The van der Waals surface area contributed by atoms with Gasteiger partial charge in [-0.25, -0.2) is 4.79 Å². The zero-order chi connectivity index (χ0) is 28.6. The molecule has 1 atom stereocenters. The lowest BCUT2D eigenvalue weighted by Crippen LogP contribution is -2.30. The van der Waals surface area contributed by atoms with Crippen molar-refractivity contribution in [2.75, 3.05) is 17.7 Å². The first-order valence-corrected chi connectivity index (χ1v) is 13.5. The van der Waals surface area contributed by atoms with Gasteiger partial charge in [0.1, 0.15) is 5.69 Å².